The predicted molar refractivity (Wildman–Crippen MR) is 334 cm³/mol. The van der Waals surface area contributed by atoms with Crippen molar-refractivity contribution in [3.05, 3.63) is 84.1 Å². The molecule has 9 atom stereocenters. The molecule has 0 unspecified atom stereocenters. The Labute approximate surface area is 543 Å². The number of fused-ring (bicyclic) bond motifs is 1. The number of aromatic hydroxyl groups is 1. The Bertz CT molecular complexity index is 3340. The molecule has 0 aliphatic carbocycles. The third-order valence-electron chi connectivity index (χ3n) is 14.9. The highest BCUT2D eigenvalue weighted by Crippen LogP contribution is 2.23. The number of phenols is 1. The van der Waals surface area contributed by atoms with Gasteiger partial charge < -0.3 is 88.9 Å². The van der Waals surface area contributed by atoms with Gasteiger partial charge in [-0.3, -0.25) is 58.4 Å². The van der Waals surface area contributed by atoms with Gasteiger partial charge in [-0.1, -0.05) is 44.2 Å². The minimum Gasteiger partial charge on any atom is -0.508 e. The van der Waals surface area contributed by atoms with Gasteiger partial charge in [0.05, 0.1) is 25.1 Å². The maximum absolute atomic E-state index is 14.7. The summed E-state index contributed by atoms with van der Waals surface area (Å²) in [7, 11) is 0. The van der Waals surface area contributed by atoms with Crippen LogP contribution in [0.3, 0.4) is 0 Å². The fraction of sp³-hybridized carbons (Fsp3) is 0.517. The number of carboxylic acids is 1. The standard InChI is InChI=1S/C58H83N17O13.C2HF3O2/c1-31(2)22-40(49(80)67-39(12-8-20-63-57(59)60)56(87)75-21-9-13-46(75)55(86)74-61)68-54(85)45(29-88-58(3,4)5)73-50(81)41(23-32-14-16-35(77)17-15-32)69-53(84)44(28-76)72-51(82)42(24-33-26-64-37-11-7-6-10-36(33)37)70-52(83)43(25-34-27-62-30-65-34)71-48(79)38-18-19-47(78)66-38;3-2(4,5)1(6)7/h6-7,10-11,14-17,26-27,30-31,38-46,64,76-77H,8-9,12-13,18-25,28-29,61H2,1-5H3,(H,62,65)(H,66,78)(H,67,80)(H,68,85)(H,69,84)(H,70,83)(H,71,79)(H,72,82)(H,73,81)(H,74,86)(H4,59,60,63);(H,6,7)/t38-,39-,40-,41-,42-,43-,44-,45+,46-;/m0./s1. The van der Waals surface area contributed by atoms with Gasteiger partial charge in [0.2, 0.25) is 53.2 Å². The number of H-pyrrole nitrogens is 2. The van der Waals surface area contributed by atoms with Gasteiger partial charge in [-0.2, -0.15) is 13.2 Å². The van der Waals surface area contributed by atoms with E-state index >= 15 is 0 Å². The number of aliphatic imine (C=N–C) groups is 1. The molecule has 2 saturated heterocycles. The van der Waals surface area contributed by atoms with Crippen LogP contribution in [0.5, 0.6) is 5.75 Å². The number of amides is 10. The Hall–Kier alpha value is -9.90. The fourth-order valence-corrected chi connectivity index (χ4v) is 10.1. The van der Waals surface area contributed by atoms with Crippen LogP contribution in [-0.4, -0.2) is 199 Å². The van der Waals surface area contributed by atoms with Gasteiger partial charge >= 0.3 is 12.1 Å². The number of aliphatic hydroxyl groups excluding tert-OH is 1. The average molecular weight is 1340 g/mol. The van der Waals surface area contributed by atoms with Crippen LogP contribution >= 0.6 is 0 Å². The molecule has 6 rings (SSSR count). The van der Waals surface area contributed by atoms with Crippen molar-refractivity contribution in [1.82, 2.24) is 67.8 Å². The van der Waals surface area contributed by atoms with E-state index in [0.717, 1.165) is 0 Å². The first-order valence-corrected chi connectivity index (χ1v) is 30.4. The molecule has 0 saturated carbocycles. The minimum absolute atomic E-state index is 0.0328. The molecule has 520 valence electrons. The van der Waals surface area contributed by atoms with Crippen LogP contribution in [-0.2, 0) is 76.7 Å². The monoisotopic (exact) mass is 1340 g/mol. The molecule has 32 nitrogen and oxygen atoms in total. The number of hydrazine groups is 1. The van der Waals surface area contributed by atoms with E-state index in [0.29, 0.717) is 40.6 Å². The molecule has 2 aliphatic rings. The number of para-hydroxylation sites is 1. The number of benzene rings is 2. The quantitative estimate of drug-likeness (QED) is 0.00636. The van der Waals surface area contributed by atoms with Gasteiger partial charge in [-0.25, -0.2) is 15.6 Å². The molecule has 95 heavy (non-hydrogen) atoms. The zero-order valence-corrected chi connectivity index (χ0v) is 53.0. The van der Waals surface area contributed by atoms with E-state index in [1.54, 1.807) is 65.1 Å². The Kier molecular flexibility index (Phi) is 28.2. The van der Waals surface area contributed by atoms with E-state index in [1.165, 1.54) is 41.7 Å². The van der Waals surface area contributed by atoms with E-state index in [9.17, 15) is 71.3 Å². The summed E-state index contributed by atoms with van der Waals surface area (Å²) in [6.45, 7) is 7.53. The van der Waals surface area contributed by atoms with Gasteiger partial charge in [0.1, 0.15) is 60.1 Å². The molecule has 4 heterocycles. The van der Waals surface area contributed by atoms with Gasteiger partial charge in [0.25, 0.3) is 5.91 Å². The number of nitrogens with two attached hydrogens (primary N) is 3. The second kappa shape index (κ2) is 35.4. The Morgan fingerprint density at radius 3 is 1.88 bits per heavy atom. The number of ether oxygens (including phenoxy) is 1. The van der Waals surface area contributed by atoms with Crippen molar-refractivity contribution in [1.29, 1.82) is 0 Å². The first-order chi connectivity index (χ1) is 44.8. The largest absolute Gasteiger partial charge is 0.508 e. The molecule has 2 fully saturated rings. The first kappa shape index (κ1) is 75.8. The van der Waals surface area contributed by atoms with Crippen molar-refractivity contribution in [2.45, 2.75) is 165 Å². The summed E-state index contributed by atoms with van der Waals surface area (Å²) in [5.74, 6) is -5.47. The second-order valence-electron chi connectivity index (χ2n) is 24.0. The molecule has 20 N–H and O–H groups in total. The van der Waals surface area contributed by atoms with Crippen LogP contribution in [0.1, 0.15) is 96.4 Å². The topological polar surface area (TPSA) is 504 Å². The van der Waals surface area contributed by atoms with Crippen molar-refractivity contribution in [3.8, 4) is 5.75 Å². The molecule has 0 bridgehead atoms. The second-order valence-corrected chi connectivity index (χ2v) is 24.0. The number of nitrogens with zero attached hydrogens (tertiary/aromatic N) is 3. The fourth-order valence-electron chi connectivity index (χ4n) is 10.1. The summed E-state index contributed by atoms with van der Waals surface area (Å²) in [5.41, 5.74) is 14.4. The van der Waals surface area contributed by atoms with E-state index in [-0.39, 0.29) is 88.0 Å². The number of guanidine groups is 1. The maximum atomic E-state index is 14.7. The van der Waals surface area contributed by atoms with Crippen molar-refractivity contribution in [2.24, 2.45) is 28.2 Å². The number of aliphatic hydroxyl groups is 1. The molecule has 0 spiro atoms. The summed E-state index contributed by atoms with van der Waals surface area (Å²) in [4.78, 5) is 164. The van der Waals surface area contributed by atoms with Crippen LogP contribution in [0.4, 0.5) is 13.2 Å². The highest BCUT2D eigenvalue weighted by Gasteiger charge is 2.41. The molecule has 2 aromatic heterocycles. The number of carbonyl (C=O) groups excluding carboxylic acids is 10. The summed E-state index contributed by atoms with van der Waals surface area (Å²) < 4.78 is 37.8. The Morgan fingerprint density at radius 2 is 1.32 bits per heavy atom. The van der Waals surface area contributed by atoms with E-state index in [4.69, 9.17) is 31.9 Å². The van der Waals surface area contributed by atoms with Crippen molar-refractivity contribution >= 4 is 81.9 Å². The van der Waals surface area contributed by atoms with Gasteiger partial charge in [-0.05, 0) is 94.5 Å². The summed E-state index contributed by atoms with van der Waals surface area (Å²) >= 11 is 0. The number of aromatic nitrogens is 3. The number of aromatic amines is 2. The van der Waals surface area contributed by atoms with Crippen LogP contribution in [0.25, 0.3) is 10.9 Å². The lowest BCUT2D eigenvalue weighted by Gasteiger charge is -2.31. The van der Waals surface area contributed by atoms with Gasteiger partial charge in [0, 0.05) is 67.8 Å². The van der Waals surface area contributed by atoms with E-state index < -0.39 is 139 Å². The number of halogens is 3. The normalized spacial score (nSPS) is 16.8. The molecule has 0 radical (unpaired) electrons. The van der Waals surface area contributed by atoms with Crippen LogP contribution in [0.15, 0.2) is 72.2 Å². The number of alkyl halides is 3. The Morgan fingerprint density at radius 1 is 0.747 bits per heavy atom. The van der Waals surface area contributed by atoms with Crippen molar-refractivity contribution < 1.29 is 86.0 Å². The summed E-state index contributed by atoms with van der Waals surface area (Å²) in [5, 5.41) is 49.9. The number of hydrogen-bond acceptors (Lipinski definition) is 17. The lowest BCUT2D eigenvalue weighted by Crippen LogP contribution is -2.62. The highest BCUT2D eigenvalue weighted by molar-refractivity contribution is 5.99. The summed E-state index contributed by atoms with van der Waals surface area (Å²) in [6, 6.07) is 0.760. The minimum atomic E-state index is -5.08. The maximum Gasteiger partial charge on any atom is 0.490 e. The number of likely N-dealkylation sites (tertiary alicyclic amines) is 1. The molecule has 35 heteroatoms. The molecule has 10 amide bonds. The zero-order valence-electron chi connectivity index (χ0n) is 53.0. The Balaban J connectivity index is 0.00000220. The van der Waals surface area contributed by atoms with E-state index in [1.807, 2.05) is 0 Å². The lowest BCUT2D eigenvalue weighted by atomic mass is 10.0. The lowest BCUT2D eigenvalue weighted by molar-refractivity contribution is -0.192. The third-order valence-corrected chi connectivity index (χ3v) is 14.9. The predicted octanol–water partition coefficient (Wildman–Crippen LogP) is -2.18. The number of aliphatic carboxylic acids is 1. The van der Waals surface area contributed by atoms with Crippen LogP contribution in [0, 0.1) is 5.92 Å². The van der Waals surface area contributed by atoms with Crippen LogP contribution in [0.2, 0.25) is 0 Å². The number of nitrogens with one attached hydrogen (secondary N) is 11. The number of hydrogen-bond donors (Lipinski definition) is 17. The molecule has 2 aromatic carbocycles. The molecule has 2 aliphatic heterocycles. The van der Waals surface area contributed by atoms with Crippen molar-refractivity contribution in [3.63, 3.8) is 0 Å². The average Bonchev–Trinajstić information content (AvgIpc) is 1.74. The van der Waals surface area contributed by atoms with Crippen LogP contribution < -0.4 is 65.3 Å². The number of carboxylic acid groups (broad SMARTS) is 1. The van der Waals surface area contributed by atoms with Gasteiger partial charge in [0.15, 0.2) is 5.96 Å². The zero-order chi connectivity index (χ0) is 70.3. The molecular formula is C60H84F3N17O15. The SMILES string of the molecule is CC(C)C[C@H](NC(=O)[C@@H](COC(C)(C)C)NC(=O)[C@H](Cc1ccc(O)cc1)NC(=O)[C@H](CO)NC(=O)[C@H](Cc1c[nH]c2ccccc12)NC(=O)[C@H](Cc1cnc[nH]1)NC(=O)[C@@H]1CCC(=O)N1)C(=O)N[C@@H](CCCN=C(N)N)C(=O)N1CCC[C@H]1C(=O)NN.O=C(O)C(F)(F)F. The van der Waals surface area contributed by atoms with Crippen molar-refractivity contribution in [2.75, 3.05) is 26.3 Å². The molecule has 4 aromatic rings. The highest BCUT2D eigenvalue weighted by atomic mass is 19.4. The molecular weight excluding hydrogens is 1260 g/mol. The summed E-state index contributed by atoms with van der Waals surface area (Å²) in [6.07, 6.45) is 0.230. The van der Waals surface area contributed by atoms with Gasteiger partial charge in [-0.15, -0.1) is 0 Å². The first-order valence-electron chi connectivity index (χ1n) is 30.4. The number of imidazole rings is 1. The third kappa shape index (κ3) is 24.2. The number of rotatable bonds is 31. The smallest absolute Gasteiger partial charge is 0.490 e. The number of carbonyl (C=O) groups is 11. The van der Waals surface area contributed by atoms with E-state index in [2.05, 4.69) is 67.9 Å². The number of phenolic OH excluding ortho intramolecular Hbond substituents is 1.